The lowest BCUT2D eigenvalue weighted by Crippen LogP contribution is -1.98. The van der Waals surface area contributed by atoms with Crippen LogP contribution in [0.15, 0.2) is 39.5 Å². The third-order valence-corrected chi connectivity index (χ3v) is 0.135. The van der Waals surface area contributed by atoms with E-state index in [2.05, 4.69) is 39.5 Å². The molecule has 0 aliphatic carbocycles. The molecule has 0 aromatic rings. The van der Waals surface area contributed by atoms with Crippen LogP contribution in [0, 0.1) is 0 Å². The van der Waals surface area contributed by atoms with Crippen molar-refractivity contribution in [2.45, 2.75) is 0 Å². The van der Waals surface area contributed by atoms with Gasteiger partial charge in [-0.2, -0.15) is 0 Å². The summed E-state index contributed by atoms with van der Waals surface area (Å²) in [6.45, 7) is 17.2. The molecule has 98 valence electrons. The van der Waals surface area contributed by atoms with Crippen LogP contribution in [0.5, 0.6) is 0 Å². The van der Waals surface area contributed by atoms with E-state index in [1.54, 1.807) is 0 Å². The SMILES string of the molecule is C=C.C=C.C=C.O=C(O)CO.O=P(O)(O)O. The summed E-state index contributed by atoms with van der Waals surface area (Å²) in [7, 11) is -4.64. The molecule has 0 aromatic carbocycles. The first-order valence-corrected chi connectivity index (χ1v) is 4.95. The minimum Gasteiger partial charge on any atom is -0.480 e. The Balaban J connectivity index is -0.0000000345. The molecular weight excluding hydrogens is 239 g/mol. The number of rotatable bonds is 1. The number of hydrogen-bond acceptors (Lipinski definition) is 3. The highest BCUT2D eigenvalue weighted by Gasteiger charge is 2.00. The Labute approximate surface area is 94.9 Å². The number of aliphatic hydroxyl groups is 1. The summed E-state index contributed by atoms with van der Waals surface area (Å²) < 4.78 is 8.88. The van der Waals surface area contributed by atoms with Crippen LogP contribution in [0.1, 0.15) is 0 Å². The third kappa shape index (κ3) is 3060. The normalized spacial score (nSPS) is 6.75. The van der Waals surface area contributed by atoms with Gasteiger partial charge in [0.25, 0.3) is 0 Å². The zero-order valence-electron chi connectivity index (χ0n) is 8.95. The fraction of sp³-hybridized carbons (Fsp3) is 0.125. The van der Waals surface area contributed by atoms with E-state index in [1.165, 1.54) is 0 Å². The maximum atomic E-state index is 9.12. The summed E-state index contributed by atoms with van der Waals surface area (Å²) in [6.07, 6.45) is 0. The number of aliphatic hydroxyl groups excluding tert-OH is 1. The molecule has 0 spiro atoms. The van der Waals surface area contributed by atoms with Crippen molar-refractivity contribution in [3.8, 4) is 0 Å². The van der Waals surface area contributed by atoms with Gasteiger partial charge in [-0.15, -0.1) is 39.5 Å². The van der Waals surface area contributed by atoms with Crippen molar-refractivity contribution in [2.24, 2.45) is 0 Å². The Morgan fingerprint density at radius 1 is 0.938 bits per heavy atom. The number of hydrogen-bond donors (Lipinski definition) is 5. The van der Waals surface area contributed by atoms with Crippen molar-refractivity contribution in [3.63, 3.8) is 0 Å². The largest absolute Gasteiger partial charge is 0.480 e. The van der Waals surface area contributed by atoms with Crippen LogP contribution >= 0.6 is 7.82 Å². The van der Waals surface area contributed by atoms with Crippen LogP contribution < -0.4 is 0 Å². The zero-order chi connectivity index (χ0) is 14.8. The van der Waals surface area contributed by atoms with Crippen LogP contribution in [0.25, 0.3) is 0 Å². The van der Waals surface area contributed by atoms with E-state index in [-0.39, 0.29) is 0 Å². The molecule has 0 aliphatic rings. The quantitative estimate of drug-likeness (QED) is 0.342. The molecule has 5 N–H and O–H groups in total. The molecule has 0 saturated carbocycles. The van der Waals surface area contributed by atoms with Crippen LogP contribution in [-0.2, 0) is 9.36 Å². The average Bonchev–Trinajstić information content (AvgIpc) is 2.24. The van der Waals surface area contributed by atoms with E-state index in [1.807, 2.05) is 0 Å². The predicted molar refractivity (Wildman–Crippen MR) is 62.7 cm³/mol. The summed E-state index contributed by atoms with van der Waals surface area (Å²) >= 11 is 0. The van der Waals surface area contributed by atoms with E-state index in [0.717, 1.165) is 0 Å². The van der Waals surface area contributed by atoms with E-state index in [4.69, 9.17) is 34.3 Å². The van der Waals surface area contributed by atoms with Crippen LogP contribution in [-0.4, -0.2) is 37.5 Å². The molecule has 0 amide bonds. The standard InChI is InChI=1S/C2H4O3.3C2H4.H3O4P/c3-1-2(4)5;3*1-2;1-5(2,3)4/h3H,1H2,(H,4,5);3*1-2H2;(H3,1,2,3,4). The molecule has 0 aliphatic heterocycles. The first kappa shape index (κ1) is 29.3. The Morgan fingerprint density at radius 2 is 1.00 bits per heavy atom. The lowest BCUT2D eigenvalue weighted by Gasteiger charge is -1.82. The third-order valence-electron chi connectivity index (χ3n) is 0.135. The fourth-order valence-corrected chi connectivity index (χ4v) is 0. The number of carboxylic acids is 1. The maximum absolute atomic E-state index is 9.12. The van der Waals surface area contributed by atoms with Crippen molar-refractivity contribution in [1.82, 2.24) is 0 Å². The van der Waals surface area contributed by atoms with Gasteiger partial charge in [0.2, 0.25) is 0 Å². The molecule has 0 heterocycles. The van der Waals surface area contributed by atoms with Gasteiger partial charge in [-0.3, -0.25) is 0 Å². The Morgan fingerprint density at radius 3 is 1.00 bits per heavy atom. The lowest BCUT2D eigenvalue weighted by atomic mass is 10.8. The summed E-state index contributed by atoms with van der Waals surface area (Å²) in [5.74, 6) is -1.19. The lowest BCUT2D eigenvalue weighted by molar-refractivity contribution is -0.140. The van der Waals surface area contributed by atoms with Gasteiger partial charge in [0.05, 0.1) is 0 Å². The Bertz CT molecular complexity index is 164. The van der Waals surface area contributed by atoms with Gasteiger partial charge in [0, 0.05) is 0 Å². The van der Waals surface area contributed by atoms with Gasteiger partial charge in [0.15, 0.2) is 0 Å². The molecule has 7 nitrogen and oxygen atoms in total. The fourth-order valence-electron chi connectivity index (χ4n) is 0. The number of aliphatic carboxylic acids is 1. The first-order valence-electron chi connectivity index (χ1n) is 3.38. The van der Waals surface area contributed by atoms with Gasteiger partial charge >= 0.3 is 13.8 Å². The molecular formula is C8H19O7P. The molecule has 0 atom stereocenters. The van der Waals surface area contributed by atoms with Gasteiger partial charge in [-0.05, 0) is 0 Å². The second-order valence-corrected chi connectivity index (χ2v) is 2.09. The van der Waals surface area contributed by atoms with Crippen LogP contribution in [0.2, 0.25) is 0 Å². The highest BCUT2D eigenvalue weighted by molar-refractivity contribution is 7.45. The minimum absolute atomic E-state index is 0.778. The van der Waals surface area contributed by atoms with E-state index >= 15 is 0 Å². The number of carboxylic acid groups (broad SMARTS) is 1. The second kappa shape index (κ2) is 29.2. The van der Waals surface area contributed by atoms with E-state index in [0.29, 0.717) is 0 Å². The molecule has 0 bridgehead atoms. The monoisotopic (exact) mass is 258 g/mol. The van der Waals surface area contributed by atoms with Gasteiger partial charge in [0.1, 0.15) is 6.61 Å². The first-order chi connectivity index (χ1) is 7.27. The molecule has 0 saturated heterocycles. The van der Waals surface area contributed by atoms with E-state index in [9.17, 15) is 0 Å². The molecule has 8 heteroatoms. The predicted octanol–water partition coefficient (Wildman–Crippen LogP) is 0.541. The molecule has 0 rings (SSSR count). The number of phosphoric acid groups is 1. The molecule has 0 radical (unpaired) electrons. The Kier molecular flexibility index (Phi) is 53.5. The van der Waals surface area contributed by atoms with Crippen molar-refractivity contribution in [1.29, 1.82) is 0 Å². The van der Waals surface area contributed by atoms with Gasteiger partial charge in [-0.25, -0.2) is 9.36 Å². The summed E-state index contributed by atoms with van der Waals surface area (Å²) in [4.78, 5) is 30.7. The van der Waals surface area contributed by atoms with Gasteiger partial charge in [-0.1, -0.05) is 0 Å². The minimum atomic E-state index is -4.64. The van der Waals surface area contributed by atoms with Crippen molar-refractivity contribution in [3.05, 3.63) is 39.5 Å². The average molecular weight is 258 g/mol. The molecule has 16 heavy (non-hydrogen) atoms. The van der Waals surface area contributed by atoms with Crippen LogP contribution in [0.4, 0.5) is 0 Å². The highest BCUT2D eigenvalue weighted by Crippen LogP contribution is 2.25. The van der Waals surface area contributed by atoms with Crippen LogP contribution in [0.3, 0.4) is 0 Å². The molecule has 0 aromatic heterocycles. The van der Waals surface area contributed by atoms with Crippen molar-refractivity contribution in [2.75, 3.05) is 6.61 Å². The zero-order valence-corrected chi connectivity index (χ0v) is 9.84. The topological polar surface area (TPSA) is 135 Å². The van der Waals surface area contributed by atoms with Gasteiger partial charge < -0.3 is 24.9 Å². The molecule has 0 fully saturated rings. The Hall–Kier alpha value is -1.24. The highest BCUT2D eigenvalue weighted by atomic mass is 31.2. The summed E-state index contributed by atoms with van der Waals surface area (Å²) in [6, 6.07) is 0. The number of carbonyl (C=O) groups is 1. The second-order valence-electron chi connectivity index (χ2n) is 1.07. The summed E-state index contributed by atoms with van der Waals surface area (Å²) in [5.41, 5.74) is 0. The van der Waals surface area contributed by atoms with Crippen molar-refractivity contribution >= 4 is 13.8 Å². The van der Waals surface area contributed by atoms with E-state index < -0.39 is 20.4 Å². The maximum Gasteiger partial charge on any atom is 0.466 e. The van der Waals surface area contributed by atoms with Crippen molar-refractivity contribution < 1.29 is 34.3 Å². The summed E-state index contributed by atoms with van der Waals surface area (Å²) in [5, 5.41) is 15.0. The smallest absolute Gasteiger partial charge is 0.466 e. The molecule has 0 unspecified atom stereocenters.